The molecule has 0 saturated carbocycles. The molecule has 0 fully saturated rings. The van der Waals surface area contributed by atoms with Gasteiger partial charge < -0.3 is 5.32 Å². The van der Waals surface area contributed by atoms with Crippen LogP contribution < -0.4 is 10.9 Å². The Bertz CT molecular complexity index is 1310. The number of rotatable bonds is 5. The Labute approximate surface area is 184 Å². The Balaban J connectivity index is 1.55. The number of aryl methyl sites for hydroxylation is 2. The minimum absolute atomic E-state index is 0.0818. The molecule has 0 atom stereocenters. The highest BCUT2D eigenvalue weighted by Gasteiger charge is 2.16. The van der Waals surface area contributed by atoms with Crippen molar-refractivity contribution in [2.24, 2.45) is 7.05 Å². The predicted molar refractivity (Wildman–Crippen MR) is 120 cm³/mol. The molecule has 0 aliphatic carbocycles. The molecule has 4 aromatic rings. The zero-order valence-electron chi connectivity index (χ0n) is 16.3. The molecule has 4 rings (SSSR count). The van der Waals surface area contributed by atoms with Crippen LogP contribution in [-0.2, 0) is 11.8 Å². The topological polar surface area (TPSA) is 94.7 Å². The van der Waals surface area contributed by atoms with Gasteiger partial charge in [-0.1, -0.05) is 23.4 Å². The summed E-state index contributed by atoms with van der Waals surface area (Å²) in [4.78, 5) is 35.6. The Morgan fingerprint density at radius 3 is 2.87 bits per heavy atom. The molecule has 0 unspecified atom stereocenters. The number of nitrogens with zero attached hydrogens (tertiary/aromatic N) is 5. The predicted octanol–water partition coefficient (Wildman–Crippen LogP) is 3.58. The van der Waals surface area contributed by atoms with Gasteiger partial charge in [-0.05, 0) is 37.6 Å². The van der Waals surface area contributed by atoms with Gasteiger partial charge in [0.05, 0.1) is 22.5 Å². The molecule has 0 saturated heterocycles. The zero-order chi connectivity index (χ0) is 21.4. The molecular formula is C19H17ClN6O2S2. The van der Waals surface area contributed by atoms with E-state index in [0.717, 1.165) is 10.4 Å². The van der Waals surface area contributed by atoms with Crippen molar-refractivity contribution >= 4 is 56.5 Å². The minimum atomic E-state index is -0.253. The molecule has 1 N–H and O–H groups in total. The Morgan fingerprint density at radius 1 is 1.33 bits per heavy atom. The van der Waals surface area contributed by atoms with Crippen LogP contribution >= 0.6 is 34.7 Å². The summed E-state index contributed by atoms with van der Waals surface area (Å²) in [6.45, 7) is 3.90. The summed E-state index contributed by atoms with van der Waals surface area (Å²) in [7, 11) is 1.67. The van der Waals surface area contributed by atoms with E-state index in [9.17, 15) is 9.59 Å². The lowest BCUT2D eigenvalue weighted by molar-refractivity contribution is -0.113. The summed E-state index contributed by atoms with van der Waals surface area (Å²) in [6, 6.07) is 5.11. The van der Waals surface area contributed by atoms with Gasteiger partial charge in [-0.25, -0.2) is 14.6 Å². The number of benzene rings is 1. The molecule has 0 radical (unpaired) electrons. The van der Waals surface area contributed by atoms with E-state index in [1.165, 1.54) is 40.3 Å². The molecule has 30 heavy (non-hydrogen) atoms. The Kier molecular flexibility index (Phi) is 5.63. The third-order valence-corrected chi connectivity index (χ3v) is 6.97. The second-order valence-electron chi connectivity index (χ2n) is 6.56. The fraction of sp³-hybridized carbons (Fsp3) is 0.211. The van der Waals surface area contributed by atoms with Gasteiger partial charge in [0.15, 0.2) is 5.16 Å². The van der Waals surface area contributed by atoms with Gasteiger partial charge in [0.1, 0.15) is 17.5 Å². The first kappa shape index (κ1) is 20.6. The van der Waals surface area contributed by atoms with Crippen LogP contribution in [0.1, 0.15) is 10.4 Å². The summed E-state index contributed by atoms with van der Waals surface area (Å²) in [5.74, 6) is -0.171. The third kappa shape index (κ3) is 3.85. The lowest BCUT2D eigenvalue weighted by Crippen LogP contribution is -2.21. The first-order valence-corrected chi connectivity index (χ1v) is 11.1. The summed E-state index contributed by atoms with van der Waals surface area (Å²) < 4.78 is 3.03. The average molecular weight is 461 g/mol. The number of hydrogen-bond acceptors (Lipinski definition) is 7. The van der Waals surface area contributed by atoms with Crippen LogP contribution in [0.5, 0.6) is 0 Å². The quantitative estimate of drug-likeness (QED) is 0.361. The number of halogens is 1. The van der Waals surface area contributed by atoms with Gasteiger partial charge in [0, 0.05) is 16.9 Å². The van der Waals surface area contributed by atoms with Crippen LogP contribution in [0.2, 0.25) is 5.02 Å². The largest absolute Gasteiger partial charge is 0.323 e. The average Bonchev–Trinajstić information content (AvgIpc) is 3.32. The summed E-state index contributed by atoms with van der Waals surface area (Å²) >= 11 is 8.79. The Morgan fingerprint density at radius 2 is 2.13 bits per heavy atom. The van der Waals surface area contributed by atoms with Gasteiger partial charge in [-0.3, -0.25) is 14.2 Å². The molecule has 3 aromatic heterocycles. The van der Waals surface area contributed by atoms with Gasteiger partial charge in [0.2, 0.25) is 5.91 Å². The van der Waals surface area contributed by atoms with Gasteiger partial charge in [-0.15, -0.1) is 11.3 Å². The lowest BCUT2D eigenvalue weighted by Gasteiger charge is -2.12. The number of anilines is 1. The number of hydrogen-bond donors (Lipinski definition) is 1. The molecule has 1 amide bonds. The van der Waals surface area contributed by atoms with Crippen molar-refractivity contribution in [2.45, 2.75) is 19.0 Å². The second kappa shape index (κ2) is 8.21. The fourth-order valence-electron chi connectivity index (χ4n) is 2.94. The summed E-state index contributed by atoms with van der Waals surface area (Å²) in [5.41, 5.74) is 2.01. The van der Waals surface area contributed by atoms with Crippen molar-refractivity contribution in [1.29, 1.82) is 0 Å². The lowest BCUT2D eigenvalue weighted by atomic mass is 10.2. The van der Waals surface area contributed by atoms with Crippen molar-refractivity contribution < 1.29 is 4.79 Å². The van der Waals surface area contributed by atoms with Gasteiger partial charge in [-0.2, -0.15) is 5.10 Å². The molecule has 3 heterocycles. The monoisotopic (exact) mass is 460 g/mol. The first-order valence-electron chi connectivity index (χ1n) is 8.89. The smallest absolute Gasteiger partial charge is 0.262 e. The van der Waals surface area contributed by atoms with Crippen molar-refractivity contribution in [3.05, 3.63) is 56.7 Å². The number of thioether (sulfide) groups is 1. The van der Waals surface area contributed by atoms with Crippen LogP contribution in [0, 0.1) is 13.8 Å². The molecule has 0 aliphatic heterocycles. The Hall–Kier alpha value is -2.69. The number of carbonyl (C=O) groups is 1. The van der Waals surface area contributed by atoms with E-state index < -0.39 is 0 Å². The molecule has 0 aliphatic rings. The van der Waals surface area contributed by atoms with E-state index in [1.54, 1.807) is 29.9 Å². The van der Waals surface area contributed by atoms with Crippen molar-refractivity contribution in [1.82, 2.24) is 24.3 Å². The number of aromatic nitrogens is 5. The normalized spacial score (nSPS) is 11.2. The number of amides is 1. The third-order valence-electron chi connectivity index (χ3n) is 4.60. The number of carbonyl (C=O) groups excluding carboxylic acids is 1. The maximum atomic E-state index is 12.7. The SMILES string of the molecule is Cc1sc2nc(SCC(=O)Nc3cc(Cl)ccc3-n3cncn3)n(C)c(=O)c2c1C. The molecular weight excluding hydrogens is 444 g/mol. The van der Waals surface area contributed by atoms with Crippen LogP contribution in [0.25, 0.3) is 15.9 Å². The molecule has 8 nitrogen and oxygen atoms in total. The summed E-state index contributed by atoms with van der Waals surface area (Å²) in [5, 5.41) is 8.57. The van der Waals surface area contributed by atoms with Crippen LogP contribution in [0.3, 0.4) is 0 Å². The number of fused-ring (bicyclic) bond motifs is 1. The van der Waals surface area contributed by atoms with Gasteiger partial charge in [0.25, 0.3) is 5.56 Å². The molecule has 154 valence electrons. The van der Waals surface area contributed by atoms with Crippen LogP contribution in [-0.4, -0.2) is 36.0 Å². The number of thiophene rings is 1. The van der Waals surface area contributed by atoms with Crippen molar-refractivity contribution in [2.75, 3.05) is 11.1 Å². The van der Waals surface area contributed by atoms with Gasteiger partial charge >= 0.3 is 0 Å². The van der Waals surface area contributed by atoms with Crippen molar-refractivity contribution in [3.8, 4) is 5.69 Å². The van der Waals surface area contributed by atoms with Crippen molar-refractivity contribution in [3.63, 3.8) is 0 Å². The maximum absolute atomic E-state index is 12.7. The molecule has 1 aromatic carbocycles. The van der Waals surface area contributed by atoms with E-state index in [4.69, 9.17) is 11.6 Å². The molecule has 0 spiro atoms. The summed E-state index contributed by atoms with van der Waals surface area (Å²) in [6.07, 6.45) is 2.94. The molecule has 0 bridgehead atoms. The first-order chi connectivity index (χ1) is 14.3. The maximum Gasteiger partial charge on any atom is 0.262 e. The van der Waals surface area contributed by atoms with Crippen LogP contribution in [0.15, 0.2) is 40.8 Å². The second-order valence-corrected chi connectivity index (χ2v) is 9.14. The molecule has 11 heteroatoms. The van der Waals surface area contributed by atoms with E-state index in [0.29, 0.717) is 31.8 Å². The number of nitrogens with one attached hydrogen (secondary N) is 1. The zero-order valence-corrected chi connectivity index (χ0v) is 18.7. The van der Waals surface area contributed by atoms with E-state index in [2.05, 4.69) is 20.4 Å². The minimum Gasteiger partial charge on any atom is -0.323 e. The van der Waals surface area contributed by atoms with E-state index >= 15 is 0 Å². The highest BCUT2D eigenvalue weighted by atomic mass is 35.5. The highest BCUT2D eigenvalue weighted by molar-refractivity contribution is 7.99. The fourth-order valence-corrected chi connectivity index (χ4v) is 4.96. The van der Waals surface area contributed by atoms with E-state index in [1.807, 2.05) is 13.8 Å². The van der Waals surface area contributed by atoms with E-state index in [-0.39, 0.29) is 17.2 Å². The van der Waals surface area contributed by atoms with Crippen LogP contribution in [0.4, 0.5) is 5.69 Å². The highest BCUT2D eigenvalue weighted by Crippen LogP contribution is 2.28. The standard InChI is InChI=1S/C19H17ClN6O2S2/c1-10-11(2)30-17-16(10)18(28)25(3)19(24-17)29-7-15(27)23-13-6-12(20)4-5-14(13)26-9-21-8-22-26/h4-6,8-9H,7H2,1-3H3,(H,23,27).